The maximum atomic E-state index is 12.3. The van der Waals surface area contributed by atoms with E-state index in [4.69, 9.17) is 27.9 Å². The van der Waals surface area contributed by atoms with Crippen LogP contribution in [0.15, 0.2) is 60.8 Å². The number of nitrogens with one attached hydrogen (secondary N) is 1. The fourth-order valence-corrected chi connectivity index (χ4v) is 2.74. The number of rotatable bonds is 5. The van der Waals surface area contributed by atoms with Gasteiger partial charge >= 0.3 is 5.97 Å². The van der Waals surface area contributed by atoms with Crippen LogP contribution in [0.4, 0.5) is 5.69 Å². The Kier molecular flexibility index (Phi) is 5.59. The Labute approximate surface area is 164 Å². The molecule has 0 atom stereocenters. The number of carbonyl (C=O) groups is 2. The number of ether oxygens (including phenoxy) is 1. The van der Waals surface area contributed by atoms with Crippen LogP contribution in [0.25, 0.3) is 0 Å². The topological polar surface area (TPSA) is 88.5 Å². The van der Waals surface area contributed by atoms with Gasteiger partial charge in [-0.05, 0) is 30.3 Å². The van der Waals surface area contributed by atoms with Crippen LogP contribution >= 0.6 is 23.2 Å². The van der Waals surface area contributed by atoms with Gasteiger partial charge in [0.05, 0.1) is 33.1 Å². The number of carboxylic acid groups (broad SMARTS) is 1. The van der Waals surface area contributed by atoms with Crippen LogP contribution in [0.3, 0.4) is 0 Å². The molecule has 0 saturated heterocycles. The van der Waals surface area contributed by atoms with Gasteiger partial charge in [0.25, 0.3) is 5.91 Å². The van der Waals surface area contributed by atoms with E-state index in [0.717, 1.165) is 0 Å². The van der Waals surface area contributed by atoms with Crippen LogP contribution in [0.2, 0.25) is 10.0 Å². The van der Waals surface area contributed by atoms with E-state index in [1.54, 1.807) is 36.4 Å². The number of anilines is 1. The normalized spacial score (nSPS) is 10.3. The van der Waals surface area contributed by atoms with Gasteiger partial charge in [0.15, 0.2) is 5.75 Å². The molecule has 0 aliphatic heterocycles. The third-order valence-corrected chi connectivity index (χ3v) is 4.12. The van der Waals surface area contributed by atoms with Crippen molar-refractivity contribution in [2.75, 3.05) is 5.32 Å². The summed E-state index contributed by atoms with van der Waals surface area (Å²) in [7, 11) is 0. The summed E-state index contributed by atoms with van der Waals surface area (Å²) in [5.41, 5.74) is 0.335. The lowest BCUT2D eigenvalue weighted by molar-refractivity contribution is 0.0692. The molecule has 1 amide bonds. The summed E-state index contributed by atoms with van der Waals surface area (Å²) < 4.78 is 5.57. The number of hydrogen-bond acceptors (Lipinski definition) is 4. The molecule has 0 bridgehead atoms. The number of aromatic carboxylic acids is 1. The van der Waals surface area contributed by atoms with Crippen LogP contribution in [0.5, 0.6) is 11.6 Å². The van der Waals surface area contributed by atoms with Gasteiger partial charge in [0, 0.05) is 6.07 Å². The zero-order chi connectivity index (χ0) is 19.4. The smallest absolute Gasteiger partial charge is 0.336 e. The summed E-state index contributed by atoms with van der Waals surface area (Å²) in [5, 5.41) is 12.4. The molecule has 136 valence electrons. The molecule has 0 unspecified atom stereocenters. The van der Waals surface area contributed by atoms with E-state index in [1.807, 2.05) is 0 Å². The first kappa shape index (κ1) is 18.7. The van der Waals surface area contributed by atoms with Crippen LogP contribution in [-0.4, -0.2) is 22.0 Å². The van der Waals surface area contributed by atoms with E-state index in [1.165, 1.54) is 24.4 Å². The maximum absolute atomic E-state index is 12.3. The Morgan fingerprint density at radius 3 is 2.19 bits per heavy atom. The predicted molar refractivity (Wildman–Crippen MR) is 102 cm³/mol. The van der Waals surface area contributed by atoms with Gasteiger partial charge in [-0.15, -0.1) is 0 Å². The molecule has 6 nitrogen and oxygen atoms in total. The van der Waals surface area contributed by atoms with Gasteiger partial charge in [-0.3, -0.25) is 4.79 Å². The summed E-state index contributed by atoms with van der Waals surface area (Å²) in [6, 6.07) is 14.0. The third kappa shape index (κ3) is 4.36. The first-order valence-corrected chi connectivity index (χ1v) is 8.43. The van der Waals surface area contributed by atoms with Crippen molar-refractivity contribution in [3.05, 3.63) is 82.0 Å². The summed E-state index contributed by atoms with van der Waals surface area (Å²) in [6.07, 6.45) is 1.38. The predicted octanol–water partition coefficient (Wildman–Crippen LogP) is 5.13. The molecule has 3 aromatic rings. The van der Waals surface area contributed by atoms with Crippen LogP contribution in [0, 0.1) is 0 Å². The maximum Gasteiger partial charge on any atom is 0.336 e. The Morgan fingerprint density at radius 1 is 0.926 bits per heavy atom. The number of carbonyl (C=O) groups excluding carboxylic acids is 1. The number of nitrogens with zero attached hydrogens (tertiary/aromatic N) is 1. The molecule has 3 rings (SSSR count). The average molecular weight is 403 g/mol. The van der Waals surface area contributed by atoms with Crippen molar-refractivity contribution >= 4 is 40.8 Å². The number of halogens is 2. The second-order valence-electron chi connectivity index (χ2n) is 5.34. The number of amides is 1. The molecule has 1 heterocycles. The van der Waals surface area contributed by atoms with Crippen molar-refractivity contribution < 1.29 is 19.4 Å². The molecule has 0 spiro atoms. The largest absolute Gasteiger partial charge is 0.478 e. The zero-order valence-corrected chi connectivity index (χ0v) is 15.2. The molecular weight excluding hydrogens is 391 g/mol. The monoisotopic (exact) mass is 402 g/mol. The van der Waals surface area contributed by atoms with E-state index >= 15 is 0 Å². The molecule has 0 fully saturated rings. The lowest BCUT2D eigenvalue weighted by Gasteiger charge is -2.10. The molecular formula is C19H12Cl2N2O4. The summed E-state index contributed by atoms with van der Waals surface area (Å²) >= 11 is 12.1. The molecule has 0 radical (unpaired) electrons. The summed E-state index contributed by atoms with van der Waals surface area (Å²) in [6.45, 7) is 0. The van der Waals surface area contributed by atoms with Gasteiger partial charge in [-0.1, -0.05) is 41.4 Å². The lowest BCUT2D eigenvalue weighted by atomic mass is 10.1. The fraction of sp³-hybridized carbons (Fsp3) is 0. The molecule has 0 aliphatic rings. The first-order valence-electron chi connectivity index (χ1n) is 7.67. The summed E-state index contributed by atoms with van der Waals surface area (Å²) in [5.74, 6) is -1.23. The Balaban J connectivity index is 1.75. The van der Waals surface area contributed by atoms with Crippen molar-refractivity contribution in [1.29, 1.82) is 0 Å². The number of hydrogen-bond donors (Lipinski definition) is 2. The van der Waals surface area contributed by atoms with E-state index < -0.39 is 11.9 Å². The molecule has 1 aromatic heterocycles. The van der Waals surface area contributed by atoms with E-state index in [2.05, 4.69) is 10.3 Å². The quantitative estimate of drug-likeness (QED) is 0.617. The second kappa shape index (κ2) is 8.07. The van der Waals surface area contributed by atoms with Gasteiger partial charge < -0.3 is 15.2 Å². The SMILES string of the molecule is O=C(O)c1ccccc1C(=O)Nc1ccc(Oc2c(Cl)cccc2Cl)nc1. The van der Waals surface area contributed by atoms with Crippen molar-refractivity contribution in [3.8, 4) is 11.6 Å². The minimum atomic E-state index is -1.18. The minimum absolute atomic E-state index is 0.0492. The van der Waals surface area contributed by atoms with Crippen LogP contribution < -0.4 is 10.1 Å². The Bertz CT molecular complexity index is 987. The van der Waals surface area contributed by atoms with Crippen molar-refractivity contribution in [1.82, 2.24) is 4.98 Å². The highest BCUT2D eigenvalue weighted by molar-refractivity contribution is 6.37. The number of aromatic nitrogens is 1. The number of pyridine rings is 1. The second-order valence-corrected chi connectivity index (χ2v) is 6.16. The molecule has 0 aliphatic carbocycles. The van der Waals surface area contributed by atoms with Gasteiger partial charge in [0.1, 0.15) is 0 Å². The highest BCUT2D eigenvalue weighted by Crippen LogP contribution is 2.35. The van der Waals surface area contributed by atoms with E-state index in [9.17, 15) is 14.7 Å². The van der Waals surface area contributed by atoms with Crippen LogP contribution in [0.1, 0.15) is 20.7 Å². The highest BCUT2D eigenvalue weighted by Gasteiger charge is 2.16. The molecule has 0 saturated carbocycles. The standard InChI is InChI=1S/C19H12Cl2N2O4/c20-14-6-3-7-15(21)17(14)27-16-9-8-11(10-22-16)23-18(24)12-4-1-2-5-13(12)19(25)26/h1-10H,(H,23,24)(H,25,26). The molecule has 27 heavy (non-hydrogen) atoms. The fourth-order valence-electron chi connectivity index (χ4n) is 2.27. The number of carboxylic acids is 1. The molecule has 2 N–H and O–H groups in total. The van der Waals surface area contributed by atoms with Crippen molar-refractivity contribution in [2.24, 2.45) is 0 Å². The minimum Gasteiger partial charge on any atom is -0.478 e. The van der Waals surface area contributed by atoms with Crippen LogP contribution in [-0.2, 0) is 0 Å². The number of para-hydroxylation sites is 1. The average Bonchev–Trinajstić information content (AvgIpc) is 2.66. The molecule has 2 aromatic carbocycles. The van der Waals surface area contributed by atoms with Crippen molar-refractivity contribution in [2.45, 2.75) is 0 Å². The Hall–Kier alpha value is -3.09. The van der Waals surface area contributed by atoms with E-state index in [-0.39, 0.29) is 22.8 Å². The van der Waals surface area contributed by atoms with Gasteiger partial charge in [-0.25, -0.2) is 9.78 Å². The third-order valence-electron chi connectivity index (χ3n) is 3.52. The van der Waals surface area contributed by atoms with Gasteiger partial charge in [0.2, 0.25) is 5.88 Å². The van der Waals surface area contributed by atoms with E-state index in [0.29, 0.717) is 15.7 Å². The molecule has 8 heteroatoms. The Morgan fingerprint density at radius 2 is 1.59 bits per heavy atom. The lowest BCUT2D eigenvalue weighted by Crippen LogP contribution is -2.16. The zero-order valence-electron chi connectivity index (χ0n) is 13.6. The van der Waals surface area contributed by atoms with Gasteiger partial charge in [-0.2, -0.15) is 0 Å². The highest BCUT2D eigenvalue weighted by atomic mass is 35.5. The first-order chi connectivity index (χ1) is 13.0. The van der Waals surface area contributed by atoms with Crippen molar-refractivity contribution in [3.63, 3.8) is 0 Å². The summed E-state index contributed by atoms with van der Waals surface area (Å²) in [4.78, 5) is 27.6. The number of benzene rings is 2.